The van der Waals surface area contributed by atoms with E-state index in [4.69, 9.17) is 0 Å². The molecule has 0 bridgehead atoms. The van der Waals surface area contributed by atoms with Gasteiger partial charge in [0, 0.05) is 23.7 Å². The van der Waals surface area contributed by atoms with Crippen molar-refractivity contribution < 1.29 is 9.90 Å². The second-order valence-electron chi connectivity index (χ2n) is 5.56. The first-order chi connectivity index (χ1) is 8.53. The van der Waals surface area contributed by atoms with E-state index in [0.717, 1.165) is 16.3 Å². The predicted molar refractivity (Wildman–Crippen MR) is 69.4 cm³/mol. The van der Waals surface area contributed by atoms with Crippen LogP contribution in [0.1, 0.15) is 25.3 Å². The monoisotopic (exact) mass is 241 g/mol. The van der Waals surface area contributed by atoms with E-state index in [1.807, 2.05) is 44.3 Å². The molecule has 1 aromatic carbocycles. The van der Waals surface area contributed by atoms with Crippen LogP contribution >= 0.6 is 0 Å². The molecular formula is C15H15NO2. The number of carboxylic acid groups (broad SMARTS) is 1. The molecule has 18 heavy (non-hydrogen) atoms. The van der Waals surface area contributed by atoms with Crippen LogP contribution in [-0.2, 0) is 4.79 Å². The van der Waals surface area contributed by atoms with Gasteiger partial charge < -0.3 is 5.11 Å². The minimum atomic E-state index is -0.698. The fourth-order valence-corrected chi connectivity index (χ4v) is 3.10. The summed E-state index contributed by atoms with van der Waals surface area (Å²) in [4.78, 5) is 15.4. The number of carboxylic acids is 1. The maximum absolute atomic E-state index is 11.3. The van der Waals surface area contributed by atoms with Gasteiger partial charge >= 0.3 is 5.97 Å². The Morgan fingerprint density at radius 3 is 2.78 bits per heavy atom. The number of benzene rings is 1. The van der Waals surface area contributed by atoms with Crippen LogP contribution in [0.5, 0.6) is 0 Å². The van der Waals surface area contributed by atoms with Crippen molar-refractivity contribution in [2.24, 2.45) is 11.3 Å². The summed E-state index contributed by atoms with van der Waals surface area (Å²) < 4.78 is 0. The summed E-state index contributed by atoms with van der Waals surface area (Å²) in [5, 5.41) is 11.5. The highest BCUT2D eigenvalue weighted by atomic mass is 16.4. The molecule has 1 aromatic heterocycles. The fourth-order valence-electron chi connectivity index (χ4n) is 3.10. The number of aliphatic carboxylic acids is 1. The quantitative estimate of drug-likeness (QED) is 0.879. The zero-order chi connectivity index (χ0) is 12.9. The van der Waals surface area contributed by atoms with E-state index in [9.17, 15) is 9.90 Å². The van der Waals surface area contributed by atoms with E-state index >= 15 is 0 Å². The molecule has 3 heteroatoms. The molecule has 0 spiro atoms. The number of rotatable bonds is 2. The molecule has 1 fully saturated rings. The molecule has 1 heterocycles. The summed E-state index contributed by atoms with van der Waals surface area (Å²) in [7, 11) is 0. The van der Waals surface area contributed by atoms with Gasteiger partial charge in [0.05, 0.1) is 5.92 Å². The predicted octanol–water partition coefficient (Wildman–Crippen LogP) is 3.06. The van der Waals surface area contributed by atoms with Crippen molar-refractivity contribution in [3.63, 3.8) is 0 Å². The van der Waals surface area contributed by atoms with Gasteiger partial charge in [-0.1, -0.05) is 32.0 Å². The highest BCUT2D eigenvalue weighted by Crippen LogP contribution is 2.65. The van der Waals surface area contributed by atoms with Crippen molar-refractivity contribution in [1.29, 1.82) is 0 Å². The Balaban J connectivity index is 2.14. The van der Waals surface area contributed by atoms with Gasteiger partial charge in [0.15, 0.2) is 0 Å². The lowest BCUT2D eigenvalue weighted by atomic mass is 9.98. The first kappa shape index (κ1) is 11.2. The molecule has 0 saturated heterocycles. The first-order valence-corrected chi connectivity index (χ1v) is 6.09. The normalized spacial score (nSPS) is 25.0. The minimum absolute atomic E-state index is 0.0982. The number of pyridine rings is 1. The van der Waals surface area contributed by atoms with Crippen LogP contribution in [0, 0.1) is 11.3 Å². The van der Waals surface area contributed by atoms with Gasteiger partial charge in [0.2, 0.25) is 0 Å². The van der Waals surface area contributed by atoms with Crippen LogP contribution in [0.15, 0.2) is 36.7 Å². The van der Waals surface area contributed by atoms with Crippen LogP contribution in [0.3, 0.4) is 0 Å². The van der Waals surface area contributed by atoms with Gasteiger partial charge in [0.1, 0.15) is 0 Å². The first-order valence-electron chi connectivity index (χ1n) is 6.09. The summed E-state index contributed by atoms with van der Waals surface area (Å²) in [6.07, 6.45) is 3.58. The minimum Gasteiger partial charge on any atom is -0.481 e. The average Bonchev–Trinajstić information content (AvgIpc) is 2.91. The molecular weight excluding hydrogens is 226 g/mol. The molecule has 2 aromatic rings. The number of nitrogens with zero attached hydrogens (tertiary/aromatic N) is 1. The molecule has 0 radical (unpaired) electrons. The summed E-state index contributed by atoms with van der Waals surface area (Å²) in [6, 6.07) is 8.00. The van der Waals surface area contributed by atoms with Crippen molar-refractivity contribution in [2.45, 2.75) is 19.8 Å². The van der Waals surface area contributed by atoms with Crippen molar-refractivity contribution >= 4 is 16.7 Å². The Hall–Kier alpha value is -1.90. The Morgan fingerprint density at radius 1 is 1.33 bits per heavy atom. The van der Waals surface area contributed by atoms with Gasteiger partial charge in [-0.25, -0.2) is 0 Å². The molecule has 0 amide bonds. The third kappa shape index (κ3) is 1.43. The third-order valence-corrected chi connectivity index (χ3v) is 4.14. The summed E-state index contributed by atoms with van der Waals surface area (Å²) >= 11 is 0. The third-order valence-electron chi connectivity index (χ3n) is 4.14. The molecule has 0 aliphatic heterocycles. The number of aromatic nitrogens is 1. The van der Waals surface area contributed by atoms with E-state index in [1.54, 1.807) is 6.20 Å². The van der Waals surface area contributed by atoms with Crippen LogP contribution < -0.4 is 0 Å². The molecule has 3 nitrogen and oxygen atoms in total. The van der Waals surface area contributed by atoms with Crippen molar-refractivity contribution in [2.75, 3.05) is 0 Å². The van der Waals surface area contributed by atoms with Crippen LogP contribution in [-0.4, -0.2) is 16.1 Å². The zero-order valence-electron chi connectivity index (χ0n) is 10.4. The lowest BCUT2D eigenvalue weighted by molar-refractivity contribution is -0.139. The number of hydrogen-bond acceptors (Lipinski definition) is 2. The Bertz CT molecular complexity index is 628. The molecule has 3 rings (SSSR count). The number of carbonyl (C=O) groups is 1. The average molecular weight is 241 g/mol. The smallest absolute Gasteiger partial charge is 0.307 e. The molecule has 1 aliphatic carbocycles. The molecule has 0 unspecified atom stereocenters. The zero-order valence-corrected chi connectivity index (χ0v) is 10.4. The number of fused-ring (bicyclic) bond motifs is 1. The van der Waals surface area contributed by atoms with Crippen LogP contribution in [0.4, 0.5) is 0 Å². The lowest BCUT2D eigenvalue weighted by Gasteiger charge is -2.07. The Morgan fingerprint density at radius 2 is 2.11 bits per heavy atom. The van der Waals surface area contributed by atoms with Crippen molar-refractivity contribution in [3.05, 3.63) is 42.2 Å². The maximum atomic E-state index is 11.3. The SMILES string of the molecule is CC1(C)[C@H](C(=O)O)[C@H]1c1cccc2cnccc12. The molecule has 1 aliphatic rings. The Kier molecular flexibility index (Phi) is 2.21. The van der Waals surface area contributed by atoms with Crippen molar-refractivity contribution in [1.82, 2.24) is 4.98 Å². The molecule has 2 atom stereocenters. The highest BCUT2D eigenvalue weighted by Gasteiger charge is 2.62. The van der Waals surface area contributed by atoms with Gasteiger partial charge in [-0.2, -0.15) is 0 Å². The van der Waals surface area contributed by atoms with E-state index < -0.39 is 5.97 Å². The van der Waals surface area contributed by atoms with Crippen LogP contribution in [0.2, 0.25) is 0 Å². The maximum Gasteiger partial charge on any atom is 0.307 e. The van der Waals surface area contributed by atoms with Crippen LogP contribution in [0.25, 0.3) is 10.8 Å². The molecule has 1 N–H and O–H groups in total. The van der Waals surface area contributed by atoms with E-state index in [-0.39, 0.29) is 17.3 Å². The van der Waals surface area contributed by atoms with Crippen molar-refractivity contribution in [3.8, 4) is 0 Å². The summed E-state index contributed by atoms with van der Waals surface area (Å²) in [6.45, 7) is 4.05. The van der Waals surface area contributed by atoms with Gasteiger partial charge in [-0.05, 0) is 22.4 Å². The standard InChI is InChI=1S/C15H15NO2/c1-15(2)12(13(15)14(17)18)11-5-3-4-9-8-16-7-6-10(9)11/h3-8,12-13H,1-2H3,(H,17,18)/t12-,13+/m1/s1. The topological polar surface area (TPSA) is 50.2 Å². The fraction of sp³-hybridized carbons (Fsp3) is 0.333. The second kappa shape index (κ2) is 3.55. The largest absolute Gasteiger partial charge is 0.481 e. The lowest BCUT2D eigenvalue weighted by Crippen LogP contribution is -2.03. The Labute approximate surface area is 105 Å². The molecule has 92 valence electrons. The van der Waals surface area contributed by atoms with Gasteiger partial charge in [-0.15, -0.1) is 0 Å². The van der Waals surface area contributed by atoms with Gasteiger partial charge in [0.25, 0.3) is 0 Å². The van der Waals surface area contributed by atoms with E-state index in [1.165, 1.54) is 0 Å². The summed E-state index contributed by atoms with van der Waals surface area (Å²) in [5.41, 5.74) is 0.968. The summed E-state index contributed by atoms with van der Waals surface area (Å²) in [5.74, 6) is -0.881. The number of hydrogen-bond donors (Lipinski definition) is 1. The second-order valence-corrected chi connectivity index (χ2v) is 5.56. The molecule has 1 saturated carbocycles. The highest BCUT2D eigenvalue weighted by molar-refractivity contribution is 5.88. The van der Waals surface area contributed by atoms with Gasteiger partial charge in [-0.3, -0.25) is 9.78 Å². The van der Waals surface area contributed by atoms with E-state index in [2.05, 4.69) is 4.98 Å². The van der Waals surface area contributed by atoms with E-state index in [0.29, 0.717) is 0 Å².